The van der Waals surface area contributed by atoms with Crippen LogP contribution in [0.25, 0.3) is 0 Å². The van der Waals surface area contributed by atoms with Gasteiger partial charge < -0.3 is 14.7 Å². The molecule has 0 N–H and O–H groups in total. The summed E-state index contributed by atoms with van der Waals surface area (Å²) in [5, 5.41) is 0. The predicted molar refractivity (Wildman–Crippen MR) is 148 cm³/mol. The van der Waals surface area contributed by atoms with Crippen LogP contribution in [-0.2, 0) is 0 Å². The van der Waals surface area contributed by atoms with Crippen molar-refractivity contribution >= 4 is 22.7 Å². The molecule has 4 aromatic carbocycles. The van der Waals surface area contributed by atoms with Gasteiger partial charge in [-0.2, -0.15) is 0 Å². The Kier molecular flexibility index (Phi) is 7.22. The molecule has 0 saturated heterocycles. The molecular weight excluding hydrogens is 414 g/mol. The fourth-order valence-electron chi connectivity index (χ4n) is 4.86. The third-order valence-electron chi connectivity index (χ3n) is 6.38. The molecule has 0 atom stereocenters. The number of hydrogen-bond acceptors (Lipinski definition) is 3. The number of rotatable bonds is 8. The Morgan fingerprint density at radius 2 is 0.882 bits per heavy atom. The zero-order valence-electron chi connectivity index (χ0n) is 20.9. The molecule has 0 fully saturated rings. The van der Waals surface area contributed by atoms with Gasteiger partial charge in [0.05, 0.1) is 0 Å². The Hall–Kier alpha value is -3.72. The summed E-state index contributed by atoms with van der Waals surface area (Å²) < 4.78 is 0. The molecule has 0 aromatic heterocycles. The van der Waals surface area contributed by atoms with Crippen molar-refractivity contribution in [3.63, 3.8) is 0 Å². The van der Waals surface area contributed by atoms with Crippen LogP contribution in [0.4, 0.5) is 22.7 Å². The lowest BCUT2D eigenvalue weighted by molar-refractivity contribution is 0.923. The first-order chi connectivity index (χ1) is 16.5. The van der Waals surface area contributed by atoms with Gasteiger partial charge in [-0.05, 0) is 53.9 Å². The van der Waals surface area contributed by atoms with Crippen molar-refractivity contribution in [1.29, 1.82) is 0 Å². The van der Waals surface area contributed by atoms with Gasteiger partial charge in [0.25, 0.3) is 0 Å². The molecule has 3 nitrogen and oxygen atoms in total. The summed E-state index contributed by atoms with van der Waals surface area (Å²) >= 11 is 0. The van der Waals surface area contributed by atoms with E-state index in [9.17, 15) is 0 Å². The normalized spacial score (nSPS) is 10.9. The van der Waals surface area contributed by atoms with Gasteiger partial charge in [0, 0.05) is 63.4 Å². The Morgan fingerprint density at radius 1 is 0.500 bits per heavy atom. The molecule has 0 aliphatic carbocycles. The molecule has 4 aromatic rings. The molecule has 0 saturated carbocycles. The standard InChI is InChI=1S/C31H35N3/c1-6-34(24-16-8-7-9-17-24)30-23-15-12-20-27(30)31(25-18-10-13-21-28(25)32(2)3)26-19-11-14-22-29(26)33(4)5/h7-23,31H,6H2,1-5H3. The Bertz CT molecular complexity index is 1160. The number of benzene rings is 4. The monoisotopic (exact) mass is 449 g/mol. The number of anilines is 4. The van der Waals surface area contributed by atoms with Gasteiger partial charge in [-0.25, -0.2) is 0 Å². The molecule has 0 radical (unpaired) electrons. The summed E-state index contributed by atoms with van der Waals surface area (Å²) in [6, 6.07) is 37.1. The second kappa shape index (κ2) is 10.5. The van der Waals surface area contributed by atoms with Crippen LogP contribution >= 0.6 is 0 Å². The zero-order valence-corrected chi connectivity index (χ0v) is 20.9. The molecule has 0 bridgehead atoms. The zero-order chi connectivity index (χ0) is 24.1. The molecule has 0 heterocycles. The molecule has 0 aliphatic rings. The average molecular weight is 450 g/mol. The van der Waals surface area contributed by atoms with Crippen molar-refractivity contribution < 1.29 is 0 Å². The molecule has 0 unspecified atom stereocenters. The van der Waals surface area contributed by atoms with Crippen LogP contribution in [0.2, 0.25) is 0 Å². The summed E-state index contributed by atoms with van der Waals surface area (Å²) in [6.07, 6.45) is 0. The van der Waals surface area contributed by atoms with E-state index in [-0.39, 0.29) is 5.92 Å². The first-order valence-electron chi connectivity index (χ1n) is 12.0. The van der Waals surface area contributed by atoms with E-state index in [1.807, 2.05) is 0 Å². The van der Waals surface area contributed by atoms with Crippen LogP contribution in [-0.4, -0.2) is 34.7 Å². The highest BCUT2D eigenvalue weighted by Gasteiger charge is 2.27. The molecule has 0 amide bonds. The molecule has 0 spiro atoms. The van der Waals surface area contributed by atoms with Crippen molar-refractivity contribution in [3.8, 4) is 0 Å². The molecule has 34 heavy (non-hydrogen) atoms. The summed E-state index contributed by atoms with van der Waals surface area (Å²) in [4.78, 5) is 6.86. The van der Waals surface area contributed by atoms with Crippen LogP contribution in [0.5, 0.6) is 0 Å². The first kappa shape index (κ1) is 23.4. The topological polar surface area (TPSA) is 9.72 Å². The quantitative estimate of drug-likeness (QED) is 0.264. The minimum absolute atomic E-state index is 0.0752. The molecule has 3 heteroatoms. The largest absolute Gasteiger partial charge is 0.377 e. The van der Waals surface area contributed by atoms with Gasteiger partial charge in [-0.15, -0.1) is 0 Å². The summed E-state index contributed by atoms with van der Waals surface area (Å²) in [5.41, 5.74) is 8.83. The van der Waals surface area contributed by atoms with Crippen LogP contribution < -0.4 is 14.7 Å². The number of para-hydroxylation sites is 4. The number of nitrogens with zero attached hydrogens (tertiary/aromatic N) is 3. The van der Waals surface area contributed by atoms with Gasteiger partial charge in [-0.3, -0.25) is 0 Å². The van der Waals surface area contributed by atoms with Crippen molar-refractivity contribution in [2.45, 2.75) is 12.8 Å². The van der Waals surface area contributed by atoms with Gasteiger partial charge in [0.2, 0.25) is 0 Å². The van der Waals surface area contributed by atoms with Gasteiger partial charge in [-0.1, -0.05) is 72.8 Å². The van der Waals surface area contributed by atoms with E-state index in [1.54, 1.807) is 0 Å². The van der Waals surface area contributed by atoms with E-state index in [0.717, 1.165) is 6.54 Å². The second-order valence-electron chi connectivity index (χ2n) is 8.98. The van der Waals surface area contributed by atoms with E-state index in [0.29, 0.717) is 0 Å². The predicted octanol–water partition coefficient (Wildman–Crippen LogP) is 7.16. The lowest BCUT2D eigenvalue weighted by atomic mass is 9.82. The summed E-state index contributed by atoms with van der Waals surface area (Å²) in [6.45, 7) is 3.11. The maximum atomic E-state index is 2.42. The van der Waals surface area contributed by atoms with Crippen molar-refractivity contribution in [3.05, 3.63) is 120 Å². The highest BCUT2D eigenvalue weighted by Crippen LogP contribution is 2.44. The lowest BCUT2D eigenvalue weighted by Gasteiger charge is -2.32. The Balaban J connectivity index is 2.01. The minimum Gasteiger partial charge on any atom is -0.377 e. The van der Waals surface area contributed by atoms with Gasteiger partial charge in [0.15, 0.2) is 0 Å². The van der Waals surface area contributed by atoms with Crippen molar-refractivity contribution in [2.75, 3.05) is 49.4 Å². The number of hydrogen-bond donors (Lipinski definition) is 0. The van der Waals surface area contributed by atoms with Crippen LogP contribution in [0.15, 0.2) is 103 Å². The molecule has 0 aliphatic heterocycles. The fourth-order valence-corrected chi connectivity index (χ4v) is 4.86. The smallest absolute Gasteiger partial charge is 0.0452 e. The Labute approximate surface area is 204 Å². The fraction of sp³-hybridized carbons (Fsp3) is 0.226. The highest BCUT2D eigenvalue weighted by molar-refractivity contribution is 5.73. The summed E-state index contributed by atoms with van der Waals surface area (Å²) in [7, 11) is 8.51. The van der Waals surface area contributed by atoms with Crippen molar-refractivity contribution in [1.82, 2.24) is 0 Å². The van der Waals surface area contributed by atoms with E-state index in [4.69, 9.17) is 0 Å². The average Bonchev–Trinajstić information content (AvgIpc) is 2.86. The van der Waals surface area contributed by atoms with E-state index in [1.165, 1.54) is 39.4 Å². The third kappa shape index (κ3) is 4.65. The Morgan fingerprint density at radius 3 is 1.32 bits per heavy atom. The highest BCUT2D eigenvalue weighted by atomic mass is 15.1. The third-order valence-corrected chi connectivity index (χ3v) is 6.38. The minimum atomic E-state index is 0.0752. The van der Waals surface area contributed by atoms with E-state index >= 15 is 0 Å². The van der Waals surface area contributed by atoms with Crippen molar-refractivity contribution in [2.24, 2.45) is 0 Å². The van der Waals surface area contributed by atoms with E-state index < -0.39 is 0 Å². The van der Waals surface area contributed by atoms with Gasteiger partial charge in [0.1, 0.15) is 0 Å². The van der Waals surface area contributed by atoms with Gasteiger partial charge >= 0.3 is 0 Å². The van der Waals surface area contributed by atoms with Crippen LogP contribution in [0.3, 0.4) is 0 Å². The van der Waals surface area contributed by atoms with Crippen LogP contribution in [0.1, 0.15) is 29.5 Å². The SMILES string of the molecule is CCN(c1ccccc1)c1ccccc1C(c1ccccc1N(C)C)c1ccccc1N(C)C. The maximum absolute atomic E-state index is 2.42. The maximum Gasteiger partial charge on any atom is 0.0452 e. The summed E-state index contributed by atoms with van der Waals surface area (Å²) in [5.74, 6) is 0.0752. The van der Waals surface area contributed by atoms with E-state index in [2.05, 4.69) is 153 Å². The molecular formula is C31H35N3. The lowest BCUT2D eigenvalue weighted by Crippen LogP contribution is -2.21. The van der Waals surface area contributed by atoms with Crippen LogP contribution in [0, 0.1) is 0 Å². The first-order valence-corrected chi connectivity index (χ1v) is 12.0. The molecule has 174 valence electrons. The second-order valence-corrected chi connectivity index (χ2v) is 8.98. The molecule has 4 rings (SSSR count).